The van der Waals surface area contributed by atoms with Crippen molar-refractivity contribution in [3.8, 4) is 89.0 Å². The van der Waals surface area contributed by atoms with Gasteiger partial charge in [-0.05, 0) is 138 Å². The molecule has 0 fully saturated rings. The van der Waals surface area contributed by atoms with Gasteiger partial charge in [0, 0.05) is 0 Å². The van der Waals surface area contributed by atoms with Crippen LogP contribution in [0.3, 0.4) is 0 Å². The average molecular weight is 1350 g/mol. The minimum Gasteiger partial charge on any atom is -2.00 e. The van der Waals surface area contributed by atoms with Gasteiger partial charge in [0.05, 0.1) is 45.6 Å². The van der Waals surface area contributed by atoms with E-state index >= 15 is 0 Å². The van der Waals surface area contributed by atoms with Gasteiger partial charge >= 0.3 is 34.1 Å². The first-order valence-electron chi connectivity index (χ1n) is 32.1. The molecule has 0 atom stereocenters. The Morgan fingerprint density at radius 1 is 0.152 bits per heavy atom. The number of nitrogens with zero attached hydrogens (tertiary/aromatic N) is 8. The van der Waals surface area contributed by atoms with Crippen molar-refractivity contribution in [2.45, 2.75) is 0 Å². The third kappa shape index (κ3) is 12.5. The molecule has 4 aliphatic rings. The Labute approximate surface area is 593 Å². The Balaban J connectivity index is 0.000000164. The van der Waals surface area contributed by atoms with Gasteiger partial charge in [-0.1, -0.05) is 291 Å². The molecule has 18 rings (SSSR count). The fourth-order valence-electron chi connectivity index (χ4n) is 13.4. The molecule has 4 aliphatic heterocycles. The maximum Gasteiger partial charge on any atom is 3.00 e. The molecule has 16 bridgehead atoms. The standard InChI is InChI=1S/2C44H28N4.2Mn.O/c2*1-5-13-29(14-6-1)41-33-21-23-35(45-33)42(30-15-7-2-8-16-30)37-25-27-39(47-37)44(32-19-11-4-12-20-32)40-28-26-38(48-40)43(31-17-9-3-10-18-31)36-24-22-34(41)46-36;;;/h2*1-28H;;;/q2*-2;2*+3;-2. The summed E-state index contributed by atoms with van der Waals surface area (Å²) in [4.78, 5) is 42.5. The van der Waals surface area contributed by atoms with Gasteiger partial charge in [-0.25, -0.2) is 19.9 Å². The second-order valence-electron chi connectivity index (χ2n) is 23.7. The van der Waals surface area contributed by atoms with Gasteiger partial charge in [0.2, 0.25) is 0 Å². The van der Waals surface area contributed by atoms with Crippen molar-refractivity contribution in [1.29, 1.82) is 0 Å². The summed E-state index contributed by atoms with van der Waals surface area (Å²) in [5, 5.41) is 0. The van der Waals surface area contributed by atoms with Gasteiger partial charge in [0.15, 0.2) is 0 Å². The van der Waals surface area contributed by atoms with Crippen molar-refractivity contribution in [1.82, 2.24) is 39.9 Å². The molecule has 14 aromatic rings. The third-order valence-electron chi connectivity index (χ3n) is 17.7. The summed E-state index contributed by atoms with van der Waals surface area (Å²) >= 11 is 0. The predicted molar refractivity (Wildman–Crippen MR) is 398 cm³/mol. The first-order chi connectivity index (χ1) is 47.6. The molecule has 0 saturated carbocycles. The van der Waals surface area contributed by atoms with Crippen LogP contribution in [0.25, 0.3) is 182 Å². The average Bonchev–Trinajstić information content (AvgIpc) is 1.63. The molecule has 0 amide bonds. The van der Waals surface area contributed by atoms with Crippen LogP contribution >= 0.6 is 0 Å². The maximum atomic E-state index is 5.31. The number of hydrogen-bond donors (Lipinski definition) is 0. The van der Waals surface area contributed by atoms with E-state index in [-0.39, 0.29) is 39.6 Å². The molecule has 0 N–H and O–H groups in total. The van der Waals surface area contributed by atoms with Gasteiger partial charge in [0.1, 0.15) is 0 Å². The van der Waals surface area contributed by atoms with Crippen LogP contribution in [0.4, 0.5) is 0 Å². The van der Waals surface area contributed by atoms with Crippen LogP contribution in [0.15, 0.2) is 291 Å². The van der Waals surface area contributed by atoms with Crippen LogP contribution in [0.1, 0.15) is 45.6 Å². The van der Waals surface area contributed by atoms with Gasteiger partial charge < -0.3 is 25.4 Å². The van der Waals surface area contributed by atoms with E-state index in [2.05, 4.69) is 291 Å². The molecule has 8 aromatic carbocycles. The Bertz CT molecular complexity index is 4730. The monoisotopic (exact) mass is 1350 g/mol. The van der Waals surface area contributed by atoms with E-state index in [1.54, 1.807) is 0 Å². The number of benzene rings is 8. The number of fused-ring (bicyclic) bond motifs is 16. The molecular formula is C88H56Mn2N8O. The van der Waals surface area contributed by atoms with Crippen molar-refractivity contribution in [3.63, 3.8) is 0 Å². The van der Waals surface area contributed by atoms with Crippen molar-refractivity contribution in [2.75, 3.05) is 0 Å². The fourth-order valence-corrected chi connectivity index (χ4v) is 13.4. The van der Waals surface area contributed by atoms with Crippen molar-refractivity contribution in [2.24, 2.45) is 0 Å². The third-order valence-corrected chi connectivity index (χ3v) is 17.7. The van der Waals surface area contributed by atoms with E-state index in [1.165, 1.54) is 0 Å². The summed E-state index contributed by atoms with van der Waals surface area (Å²) in [7, 11) is 0. The molecule has 0 spiro atoms. The van der Waals surface area contributed by atoms with Crippen LogP contribution in [0.5, 0.6) is 0 Å². The predicted octanol–water partition coefficient (Wildman–Crippen LogP) is 21.0. The molecule has 0 aliphatic carbocycles. The van der Waals surface area contributed by atoms with Crippen LogP contribution < -0.4 is 19.9 Å². The first kappa shape index (κ1) is 64.3. The molecule has 0 radical (unpaired) electrons. The van der Waals surface area contributed by atoms with Gasteiger partial charge in [-0.2, -0.15) is 0 Å². The minimum absolute atomic E-state index is 0. The topological polar surface area (TPSA) is 136 Å². The minimum atomic E-state index is 0. The number of hydrogen-bond acceptors (Lipinski definition) is 4. The van der Waals surface area contributed by atoms with Crippen molar-refractivity contribution in [3.05, 3.63) is 337 Å². The van der Waals surface area contributed by atoms with E-state index in [1.807, 2.05) is 48.5 Å². The molecule has 468 valence electrons. The second kappa shape index (κ2) is 28.3. The normalized spacial score (nSPS) is 11.6. The van der Waals surface area contributed by atoms with Gasteiger partial charge in [-0.15, -0.1) is 44.1 Å². The Kier molecular flexibility index (Phi) is 18.4. The van der Waals surface area contributed by atoms with E-state index < -0.39 is 0 Å². The molecule has 9 nitrogen and oxygen atoms in total. The molecule has 99 heavy (non-hydrogen) atoms. The molecule has 0 unspecified atom stereocenters. The Morgan fingerprint density at radius 2 is 0.263 bits per heavy atom. The van der Waals surface area contributed by atoms with E-state index in [9.17, 15) is 0 Å². The van der Waals surface area contributed by atoms with E-state index in [0.717, 1.165) is 179 Å². The van der Waals surface area contributed by atoms with Gasteiger partial charge in [0.25, 0.3) is 0 Å². The maximum absolute atomic E-state index is 5.31. The molecule has 10 heterocycles. The zero-order valence-corrected chi connectivity index (χ0v) is 55.4. The number of rotatable bonds is 8. The summed E-state index contributed by atoms with van der Waals surface area (Å²) in [5.74, 6) is 0. The van der Waals surface area contributed by atoms with E-state index in [0.29, 0.717) is 0 Å². The zero-order chi connectivity index (χ0) is 63.7. The largest absolute Gasteiger partial charge is 3.00 e. The second-order valence-corrected chi connectivity index (χ2v) is 23.7. The quantitative estimate of drug-likeness (QED) is 0.137. The van der Waals surface area contributed by atoms with Crippen LogP contribution in [0.2, 0.25) is 0 Å². The smallest absolute Gasteiger partial charge is 2.00 e. The van der Waals surface area contributed by atoms with Crippen LogP contribution in [-0.4, -0.2) is 19.9 Å². The summed E-state index contributed by atoms with van der Waals surface area (Å²) in [6.07, 6.45) is 16.8. The molecular weight excluding hydrogens is 1290 g/mol. The van der Waals surface area contributed by atoms with Gasteiger partial charge in [-0.3, -0.25) is 0 Å². The Morgan fingerprint density at radius 3 is 0.374 bits per heavy atom. The molecule has 11 heteroatoms. The summed E-state index contributed by atoms with van der Waals surface area (Å²) < 4.78 is 0. The SMILES string of the molecule is C1=Cc2nc1c(-c1ccccc1)c1ccc([n-]1)c(-c1ccccc1)c1nc(c(-c3ccccc3)c3ccc([n-]3)c2-c2ccccc2)C=C1.C1=Cc2nc1c(-c1ccccc1)c1ccc([n-]1)c(-c1ccccc1)c1nc(c(-c3ccccc3)c3ccc([n-]3)c2-c2ccccc2)C=C1.[Mn+3].[Mn+3].[O-2]. The van der Waals surface area contributed by atoms with E-state index in [4.69, 9.17) is 39.9 Å². The Hall–Kier alpha value is -12.0. The van der Waals surface area contributed by atoms with Crippen LogP contribution in [-0.2, 0) is 39.6 Å². The molecule has 0 saturated heterocycles. The summed E-state index contributed by atoms with van der Waals surface area (Å²) in [6.45, 7) is 0. The summed E-state index contributed by atoms with van der Waals surface area (Å²) in [5.41, 5.74) is 30.0. The van der Waals surface area contributed by atoms with Crippen molar-refractivity contribution < 1.29 is 39.6 Å². The van der Waals surface area contributed by atoms with Crippen LogP contribution in [0, 0.1) is 0 Å². The molecule has 6 aromatic heterocycles. The number of aromatic nitrogens is 8. The fraction of sp³-hybridized carbons (Fsp3) is 0. The zero-order valence-electron chi connectivity index (χ0n) is 53.1. The van der Waals surface area contributed by atoms with Crippen molar-refractivity contribution >= 4 is 92.7 Å². The summed E-state index contributed by atoms with van der Waals surface area (Å²) in [6, 6.07) is 100. The first-order valence-corrected chi connectivity index (χ1v) is 32.1.